The van der Waals surface area contributed by atoms with E-state index in [0.717, 1.165) is 31.6 Å². The molecule has 3 aliphatic carbocycles. The van der Waals surface area contributed by atoms with Gasteiger partial charge < -0.3 is 10.4 Å². The van der Waals surface area contributed by atoms with Crippen LogP contribution in [0.3, 0.4) is 0 Å². The number of hydrogen-bond acceptors (Lipinski definition) is 2. The van der Waals surface area contributed by atoms with Gasteiger partial charge in [-0.2, -0.15) is 0 Å². The van der Waals surface area contributed by atoms with Gasteiger partial charge in [0.15, 0.2) is 0 Å². The van der Waals surface area contributed by atoms with Gasteiger partial charge in [-0.15, -0.1) is 0 Å². The number of aliphatic hydroxyl groups excluding tert-OH is 1. The van der Waals surface area contributed by atoms with Gasteiger partial charge in [0.05, 0.1) is 12.1 Å². The Hall–Kier alpha value is -0.570. The van der Waals surface area contributed by atoms with E-state index in [0.29, 0.717) is 11.8 Å². The summed E-state index contributed by atoms with van der Waals surface area (Å²) in [4.78, 5) is 12.3. The fourth-order valence-electron chi connectivity index (χ4n) is 4.19. The van der Waals surface area contributed by atoms with Crippen LogP contribution in [-0.4, -0.2) is 23.2 Å². The van der Waals surface area contributed by atoms with Crippen LogP contribution >= 0.6 is 0 Å². The standard InChI is InChI=1S/C15H25NO2/c1-10-5-7-15(9-17,8-6-10)16-14(18)13-11-3-2-4-12(11)13/h10-13,17H,2-9H2,1H3,(H,16,18). The lowest BCUT2D eigenvalue weighted by Crippen LogP contribution is -2.54. The van der Waals surface area contributed by atoms with E-state index >= 15 is 0 Å². The first kappa shape index (κ1) is 12.5. The van der Waals surface area contributed by atoms with E-state index in [2.05, 4.69) is 12.2 Å². The van der Waals surface area contributed by atoms with Crippen LogP contribution in [0.2, 0.25) is 0 Å². The highest BCUT2D eigenvalue weighted by atomic mass is 16.3. The van der Waals surface area contributed by atoms with Crippen LogP contribution in [-0.2, 0) is 4.79 Å². The van der Waals surface area contributed by atoms with Crippen molar-refractivity contribution in [2.45, 2.75) is 57.4 Å². The summed E-state index contributed by atoms with van der Waals surface area (Å²) in [6.45, 7) is 2.36. The number of nitrogens with one attached hydrogen (secondary N) is 1. The monoisotopic (exact) mass is 251 g/mol. The molecule has 3 aliphatic rings. The van der Waals surface area contributed by atoms with Crippen molar-refractivity contribution in [1.82, 2.24) is 5.32 Å². The van der Waals surface area contributed by atoms with Gasteiger partial charge in [0, 0.05) is 5.92 Å². The molecule has 0 spiro atoms. The number of rotatable bonds is 3. The largest absolute Gasteiger partial charge is 0.394 e. The maximum atomic E-state index is 12.3. The first-order chi connectivity index (χ1) is 8.65. The summed E-state index contributed by atoms with van der Waals surface area (Å²) in [5.74, 6) is 2.59. The van der Waals surface area contributed by atoms with Crippen LogP contribution in [0.1, 0.15) is 51.9 Å². The van der Waals surface area contributed by atoms with Crippen molar-refractivity contribution in [3.63, 3.8) is 0 Å². The van der Waals surface area contributed by atoms with Crippen LogP contribution in [0.25, 0.3) is 0 Å². The molecule has 0 heterocycles. The second-order valence-electron chi connectivity index (χ2n) is 6.89. The highest BCUT2D eigenvalue weighted by Crippen LogP contribution is 2.57. The molecular weight excluding hydrogens is 226 g/mol. The Morgan fingerprint density at radius 2 is 1.83 bits per heavy atom. The molecule has 102 valence electrons. The normalized spacial score (nSPS) is 46.6. The zero-order valence-electron chi connectivity index (χ0n) is 11.3. The van der Waals surface area contributed by atoms with E-state index in [-0.39, 0.29) is 24.0 Å². The van der Waals surface area contributed by atoms with Crippen LogP contribution in [0, 0.1) is 23.7 Å². The van der Waals surface area contributed by atoms with E-state index in [4.69, 9.17) is 0 Å². The van der Waals surface area contributed by atoms with Gasteiger partial charge in [0.25, 0.3) is 0 Å². The predicted octanol–water partition coefficient (Wildman–Crippen LogP) is 2.09. The van der Waals surface area contributed by atoms with Crippen molar-refractivity contribution in [1.29, 1.82) is 0 Å². The third-order valence-electron chi connectivity index (χ3n) is 5.63. The molecule has 0 saturated heterocycles. The fraction of sp³-hybridized carbons (Fsp3) is 0.933. The van der Waals surface area contributed by atoms with Crippen molar-refractivity contribution >= 4 is 5.91 Å². The molecule has 18 heavy (non-hydrogen) atoms. The lowest BCUT2D eigenvalue weighted by Gasteiger charge is -2.39. The van der Waals surface area contributed by atoms with Crippen molar-refractivity contribution in [3.8, 4) is 0 Å². The maximum absolute atomic E-state index is 12.3. The number of fused-ring (bicyclic) bond motifs is 1. The molecule has 0 aromatic heterocycles. The Morgan fingerprint density at radius 3 is 2.39 bits per heavy atom. The Bertz CT molecular complexity index is 323. The van der Waals surface area contributed by atoms with Gasteiger partial charge in [-0.3, -0.25) is 4.79 Å². The maximum Gasteiger partial charge on any atom is 0.224 e. The Morgan fingerprint density at radius 1 is 1.22 bits per heavy atom. The zero-order chi connectivity index (χ0) is 12.8. The summed E-state index contributed by atoms with van der Waals surface area (Å²) in [6.07, 6.45) is 7.92. The molecule has 2 atom stereocenters. The summed E-state index contributed by atoms with van der Waals surface area (Å²) in [5, 5.41) is 12.9. The second kappa shape index (κ2) is 4.52. The highest BCUT2D eigenvalue weighted by molar-refractivity contribution is 5.83. The average molecular weight is 251 g/mol. The Balaban J connectivity index is 1.58. The summed E-state index contributed by atoms with van der Waals surface area (Å²) in [7, 11) is 0. The number of carbonyl (C=O) groups excluding carboxylic acids is 1. The van der Waals surface area contributed by atoms with Gasteiger partial charge in [-0.1, -0.05) is 13.3 Å². The molecular formula is C15H25NO2. The van der Waals surface area contributed by atoms with E-state index < -0.39 is 0 Å². The topological polar surface area (TPSA) is 49.3 Å². The van der Waals surface area contributed by atoms with Gasteiger partial charge in [-0.05, 0) is 56.3 Å². The summed E-state index contributed by atoms with van der Waals surface area (Å²) < 4.78 is 0. The van der Waals surface area contributed by atoms with E-state index in [1.807, 2.05) is 0 Å². The lowest BCUT2D eigenvalue weighted by molar-refractivity contribution is -0.126. The van der Waals surface area contributed by atoms with Crippen LogP contribution in [0.15, 0.2) is 0 Å². The van der Waals surface area contributed by atoms with Crippen LogP contribution in [0.5, 0.6) is 0 Å². The van der Waals surface area contributed by atoms with E-state index in [1.54, 1.807) is 0 Å². The molecule has 0 aromatic carbocycles. The molecule has 0 aliphatic heterocycles. The minimum atomic E-state index is -0.305. The molecule has 2 N–H and O–H groups in total. The molecule has 1 amide bonds. The van der Waals surface area contributed by atoms with Gasteiger partial charge in [0.1, 0.15) is 0 Å². The summed E-state index contributed by atoms with van der Waals surface area (Å²) in [5.41, 5.74) is -0.305. The quantitative estimate of drug-likeness (QED) is 0.807. The average Bonchev–Trinajstić information content (AvgIpc) is 2.87. The molecule has 0 radical (unpaired) electrons. The minimum absolute atomic E-state index is 0.105. The van der Waals surface area contributed by atoms with Gasteiger partial charge >= 0.3 is 0 Å². The third-order valence-corrected chi connectivity index (χ3v) is 5.63. The van der Waals surface area contributed by atoms with Gasteiger partial charge in [-0.25, -0.2) is 0 Å². The molecule has 3 saturated carbocycles. The number of hydrogen-bond donors (Lipinski definition) is 2. The summed E-state index contributed by atoms with van der Waals surface area (Å²) in [6, 6.07) is 0. The second-order valence-corrected chi connectivity index (χ2v) is 6.89. The lowest BCUT2D eigenvalue weighted by atomic mass is 9.77. The smallest absolute Gasteiger partial charge is 0.224 e. The molecule has 0 bridgehead atoms. The van der Waals surface area contributed by atoms with Crippen molar-refractivity contribution in [3.05, 3.63) is 0 Å². The first-order valence-corrected chi connectivity index (χ1v) is 7.58. The third kappa shape index (κ3) is 2.07. The predicted molar refractivity (Wildman–Crippen MR) is 69.9 cm³/mol. The summed E-state index contributed by atoms with van der Waals surface area (Å²) >= 11 is 0. The Kier molecular flexibility index (Phi) is 3.13. The fourth-order valence-corrected chi connectivity index (χ4v) is 4.19. The molecule has 0 aromatic rings. The zero-order valence-corrected chi connectivity index (χ0v) is 11.3. The van der Waals surface area contributed by atoms with Crippen molar-refractivity contribution in [2.24, 2.45) is 23.7 Å². The van der Waals surface area contributed by atoms with Crippen molar-refractivity contribution in [2.75, 3.05) is 6.61 Å². The number of aliphatic hydroxyl groups is 1. The van der Waals surface area contributed by atoms with E-state index in [1.165, 1.54) is 19.3 Å². The molecule has 3 heteroatoms. The SMILES string of the molecule is CC1CCC(CO)(NC(=O)C2C3CCCC32)CC1. The van der Waals surface area contributed by atoms with Crippen molar-refractivity contribution < 1.29 is 9.90 Å². The number of carbonyl (C=O) groups is 1. The highest BCUT2D eigenvalue weighted by Gasteiger charge is 2.57. The van der Waals surface area contributed by atoms with Crippen LogP contribution in [0.4, 0.5) is 0 Å². The minimum Gasteiger partial charge on any atom is -0.394 e. The molecule has 3 rings (SSSR count). The van der Waals surface area contributed by atoms with Crippen LogP contribution < -0.4 is 5.32 Å². The molecule has 3 fully saturated rings. The van der Waals surface area contributed by atoms with E-state index in [9.17, 15) is 9.90 Å². The Labute approximate surface area is 109 Å². The van der Waals surface area contributed by atoms with Gasteiger partial charge in [0.2, 0.25) is 5.91 Å². The molecule has 2 unspecified atom stereocenters. The number of amides is 1. The first-order valence-electron chi connectivity index (χ1n) is 7.58. The molecule has 3 nitrogen and oxygen atoms in total.